The highest BCUT2D eigenvalue weighted by Gasteiger charge is 2.47. The molecule has 1 atom stereocenters. The smallest absolute Gasteiger partial charge is 0.300 e. The maximum atomic E-state index is 13.4. The number of hydrogen-bond acceptors (Lipinski definition) is 7. The summed E-state index contributed by atoms with van der Waals surface area (Å²) in [5.41, 5.74) is 1.42. The second kappa shape index (κ2) is 11.1. The maximum absolute atomic E-state index is 13.4. The van der Waals surface area contributed by atoms with Crippen molar-refractivity contribution in [2.24, 2.45) is 0 Å². The van der Waals surface area contributed by atoms with Crippen LogP contribution in [-0.2, 0) is 9.59 Å². The molecular formula is C29H29NO7. The van der Waals surface area contributed by atoms with Gasteiger partial charge in [0.1, 0.15) is 17.3 Å². The number of ether oxygens (including phenoxy) is 4. The lowest BCUT2D eigenvalue weighted by Gasteiger charge is -2.26. The number of rotatable bonds is 9. The molecule has 0 radical (unpaired) electrons. The predicted octanol–water partition coefficient (Wildman–Crippen LogP) is 5.13. The van der Waals surface area contributed by atoms with Gasteiger partial charge in [0.25, 0.3) is 11.7 Å². The fourth-order valence-corrected chi connectivity index (χ4v) is 4.26. The van der Waals surface area contributed by atoms with Crippen molar-refractivity contribution in [2.45, 2.75) is 19.4 Å². The van der Waals surface area contributed by atoms with Gasteiger partial charge in [-0.15, -0.1) is 0 Å². The zero-order valence-corrected chi connectivity index (χ0v) is 21.2. The van der Waals surface area contributed by atoms with Crippen LogP contribution in [0.15, 0.2) is 72.3 Å². The van der Waals surface area contributed by atoms with Crippen molar-refractivity contribution in [3.05, 3.63) is 83.4 Å². The van der Waals surface area contributed by atoms with Crippen LogP contribution in [0.1, 0.15) is 30.5 Å². The Bertz CT molecular complexity index is 1310. The van der Waals surface area contributed by atoms with Crippen LogP contribution < -0.4 is 23.8 Å². The fourth-order valence-electron chi connectivity index (χ4n) is 4.26. The van der Waals surface area contributed by atoms with Crippen molar-refractivity contribution in [1.82, 2.24) is 0 Å². The number of methoxy groups -OCH3 is 3. The molecule has 1 saturated heterocycles. The summed E-state index contributed by atoms with van der Waals surface area (Å²) >= 11 is 0. The number of ketones is 1. The van der Waals surface area contributed by atoms with Crippen LogP contribution in [0, 0.1) is 0 Å². The van der Waals surface area contributed by atoms with Crippen LogP contribution >= 0.6 is 0 Å². The fraction of sp³-hybridized carbons (Fsp3) is 0.241. The molecule has 1 heterocycles. The maximum Gasteiger partial charge on any atom is 0.300 e. The number of carbonyl (C=O) groups is 2. The van der Waals surface area contributed by atoms with Crippen molar-refractivity contribution in [2.75, 3.05) is 32.8 Å². The van der Waals surface area contributed by atoms with E-state index < -0.39 is 17.7 Å². The summed E-state index contributed by atoms with van der Waals surface area (Å²) < 4.78 is 21.6. The third-order valence-electron chi connectivity index (χ3n) is 6.12. The Hall–Kier alpha value is -4.46. The first-order chi connectivity index (χ1) is 17.9. The quantitative estimate of drug-likeness (QED) is 0.246. The van der Waals surface area contributed by atoms with Gasteiger partial charge in [-0.25, -0.2) is 0 Å². The first-order valence-electron chi connectivity index (χ1n) is 11.8. The van der Waals surface area contributed by atoms with Crippen LogP contribution in [0.5, 0.6) is 23.0 Å². The highest BCUT2D eigenvalue weighted by Crippen LogP contribution is 2.43. The number of aliphatic hydroxyl groups is 1. The number of carbonyl (C=O) groups excluding carboxylic acids is 2. The SMILES string of the molecule is CCCOc1ccc(C2/C(=C(/O)c3ccc(OC)c(OC)c3)C(=O)C(=O)N2c2ccc(OC)cc2)cc1. The minimum Gasteiger partial charge on any atom is -0.507 e. The van der Waals surface area contributed by atoms with Crippen LogP contribution in [0.3, 0.4) is 0 Å². The molecule has 3 aromatic rings. The Morgan fingerprint density at radius 2 is 1.49 bits per heavy atom. The summed E-state index contributed by atoms with van der Waals surface area (Å²) in [6.45, 7) is 2.59. The normalized spacial score (nSPS) is 16.5. The summed E-state index contributed by atoms with van der Waals surface area (Å²) in [4.78, 5) is 28.1. The molecule has 1 aliphatic rings. The molecule has 192 valence electrons. The molecular weight excluding hydrogens is 474 g/mol. The topological polar surface area (TPSA) is 94.5 Å². The van der Waals surface area contributed by atoms with Gasteiger partial charge in [-0.05, 0) is 66.6 Å². The Kier molecular flexibility index (Phi) is 7.67. The first-order valence-corrected chi connectivity index (χ1v) is 11.8. The van der Waals surface area contributed by atoms with E-state index in [9.17, 15) is 14.7 Å². The van der Waals surface area contributed by atoms with E-state index in [1.165, 1.54) is 19.1 Å². The van der Waals surface area contributed by atoms with E-state index in [0.29, 0.717) is 46.4 Å². The van der Waals surface area contributed by atoms with Crippen LogP contribution in [0.4, 0.5) is 5.69 Å². The molecule has 1 fully saturated rings. The van der Waals surface area contributed by atoms with E-state index >= 15 is 0 Å². The van der Waals surface area contributed by atoms with Gasteiger partial charge in [0.2, 0.25) is 0 Å². The van der Waals surface area contributed by atoms with Gasteiger partial charge in [0.05, 0.1) is 39.6 Å². The van der Waals surface area contributed by atoms with Crippen molar-refractivity contribution in [3.8, 4) is 23.0 Å². The van der Waals surface area contributed by atoms with E-state index in [2.05, 4.69) is 0 Å². The summed E-state index contributed by atoms with van der Waals surface area (Å²) in [5, 5.41) is 11.4. The number of Topliss-reactive ketones (excluding diaryl/α,β-unsaturated/α-hetero) is 1. The number of anilines is 1. The van der Waals surface area contributed by atoms with Gasteiger partial charge >= 0.3 is 0 Å². The average Bonchev–Trinajstić information content (AvgIpc) is 3.21. The zero-order valence-electron chi connectivity index (χ0n) is 21.2. The largest absolute Gasteiger partial charge is 0.507 e. The molecule has 1 N–H and O–H groups in total. The van der Waals surface area contributed by atoms with Gasteiger partial charge in [-0.2, -0.15) is 0 Å². The average molecular weight is 504 g/mol. The van der Waals surface area contributed by atoms with Crippen LogP contribution in [-0.4, -0.2) is 44.7 Å². The van der Waals surface area contributed by atoms with E-state index in [1.807, 2.05) is 6.92 Å². The standard InChI is InChI=1S/C29H29NO7/c1-5-16-37-22-11-6-18(7-12-22)26-25(27(31)19-8-15-23(35-3)24(17-19)36-4)28(32)29(33)30(26)20-9-13-21(34-2)14-10-20/h6-15,17,26,31H,5,16H2,1-4H3/b27-25-. The molecule has 0 spiro atoms. The van der Waals surface area contributed by atoms with Crippen molar-refractivity contribution >= 4 is 23.1 Å². The van der Waals surface area contributed by atoms with E-state index in [4.69, 9.17) is 18.9 Å². The van der Waals surface area contributed by atoms with Crippen LogP contribution in [0.25, 0.3) is 5.76 Å². The molecule has 8 heteroatoms. The molecule has 1 unspecified atom stereocenters. The first kappa shape index (κ1) is 25.6. The number of aliphatic hydroxyl groups excluding tert-OH is 1. The van der Waals surface area contributed by atoms with Crippen LogP contribution in [0.2, 0.25) is 0 Å². The predicted molar refractivity (Wildman–Crippen MR) is 140 cm³/mol. The van der Waals surface area contributed by atoms with E-state index in [0.717, 1.165) is 6.42 Å². The van der Waals surface area contributed by atoms with E-state index in [-0.39, 0.29) is 11.3 Å². The molecule has 0 saturated carbocycles. The Morgan fingerprint density at radius 3 is 2.08 bits per heavy atom. The second-order valence-electron chi connectivity index (χ2n) is 8.35. The second-order valence-corrected chi connectivity index (χ2v) is 8.35. The van der Waals surface area contributed by atoms with Gasteiger partial charge in [0.15, 0.2) is 11.5 Å². The zero-order chi connectivity index (χ0) is 26.5. The van der Waals surface area contributed by atoms with Gasteiger partial charge in [-0.3, -0.25) is 14.5 Å². The lowest BCUT2D eigenvalue weighted by molar-refractivity contribution is -0.132. The molecule has 8 nitrogen and oxygen atoms in total. The molecule has 37 heavy (non-hydrogen) atoms. The molecule has 4 rings (SSSR count). The minimum absolute atomic E-state index is 0.0322. The van der Waals surface area contributed by atoms with Gasteiger partial charge in [0, 0.05) is 11.3 Å². The Morgan fingerprint density at radius 1 is 0.838 bits per heavy atom. The number of benzene rings is 3. The molecule has 0 aromatic heterocycles. The van der Waals surface area contributed by atoms with E-state index in [1.54, 1.807) is 73.8 Å². The summed E-state index contributed by atoms with van der Waals surface area (Å²) in [5.74, 6) is 0.280. The molecule has 0 aliphatic carbocycles. The number of hydrogen-bond donors (Lipinski definition) is 1. The minimum atomic E-state index is -0.873. The summed E-state index contributed by atoms with van der Waals surface area (Å²) in [7, 11) is 4.53. The Balaban J connectivity index is 1.87. The number of nitrogens with zero attached hydrogens (tertiary/aromatic N) is 1. The summed E-state index contributed by atoms with van der Waals surface area (Å²) in [6.07, 6.45) is 0.866. The molecule has 1 aliphatic heterocycles. The highest BCUT2D eigenvalue weighted by molar-refractivity contribution is 6.51. The van der Waals surface area contributed by atoms with Crippen molar-refractivity contribution in [3.63, 3.8) is 0 Å². The summed E-state index contributed by atoms with van der Waals surface area (Å²) in [6, 6.07) is 17.9. The highest BCUT2D eigenvalue weighted by atomic mass is 16.5. The molecule has 1 amide bonds. The van der Waals surface area contributed by atoms with Gasteiger partial charge < -0.3 is 24.1 Å². The number of amides is 1. The lowest BCUT2D eigenvalue weighted by Crippen LogP contribution is -2.29. The third kappa shape index (κ3) is 4.95. The monoisotopic (exact) mass is 503 g/mol. The van der Waals surface area contributed by atoms with Crippen molar-refractivity contribution in [1.29, 1.82) is 0 Å². The Labute approximate surface area is 215 Å². The molecule has 3 aromatic carbocycles. The third-order valence-corrected chi connectivity index (χ3v) is 6.12. The van der Waals surface area contributed by atoms with Crippen molar-refractivity contribution < 1.29 is 33.6 Å². The molecule has 0 bridgehead atoms. The lowest BCUT2D eigenvalue weighted by atomic mass is 9.95. The van der Waals surface area contributed by atoms with Gasteiger partial charge in [-0.1, -0.05) is 19.1 Å².